The van der Waals surface area contributed by atoms with Gasteiger partial charge in [-0.15, -0.1) is 0 Å². The van der Waals surface area contributed by atoms with E-state index in [2.05, 4.69) is 10.4 Å². The lowest BCUT2D eigenvalue weighted by Gasteiger charge is -2.35. The van der Waals surface area contributed by atoms with Crippen LogP contribution < -0.4 is 10.0 Å². The van der Waals surface area contributed by atoms with E-state index < -0.39 is 11.6 Å². The van der Waals surface area contributed by atoms with Gasteiger partial charge in [0.2, 0.25) is 5.91 Å². The molecule has 3 heterocycles. The molecular weight excluding hydrogens is 403 g/mol. The zero-order valence-corrected chi connectivity index (χ0v) is 16.5. The number of nitrogens with one attached hydrogen (secondary N) is 1. The van der Waals surface area contributed by atoms with Crippen LogP contribution in [0.4, 0.5) is 10.2 Å². The van der Waals surface area contributed by atoms with E-state index in [1.54, 1.807) is 29.1 Å². The molecule has 2 aromatic heterocycles. The molecule has 1 spiro atoms. The summed E-state index contributed by atoms with van der Waals surface area (Å²) < 4.78 is 21.0. The second kappa shape index (κ2) is 7.19. The van der Waals surface area contributed by atoms with Crippen molar-refractivity contribution in [2.45, 2.75) is 31.3 Å². The summed E-state index contributed by atoms with van der Waals surface area (Å²) in [6.45, 7) is 0. The second-order valence-electron chi connectivity index (χ2n) is 7.90. The van der Waals surface area contributed by atoms with E-state index in [0.717, 1.165) is 0 Å². The molecule has 0 atom stereocenters. The molecule has 5 rings (SSSR count). The van der Waals surface area contributed by atoms with Gasteiger partial charge >= 0.3 is 5.97 Å². The summed E-state index contributed by atoms with van der Waals surface area (Å²) in [5.74, 6) is -0.771. The Morgan fingerprint density at radius 2 is 1.97 bits per heavy atom. The number of hydrogen-bond donors (Lipinski definition) is 1. The second-order valence-corrected chi connectivity index (χ2v) is 7.90. The number of carbonyl (C=O) groups is 2. The zero-order valence-electron chi connectivity index (χ0n) is 16.5. The first-order valence-electron chi connectivity index (χ1n) is 10.0. The fraction of sp³-hybridized carbons (Fsp3) is 0.273. The van der Waals surface area contributed by atoms with E-state index in [0.29, 0.717) is 53.0 Å². The Morgan fingerprint density at radius 1 is 1.23 bits per heavy atom. The number of hydrogen-bond acceptors (Lipinski definition) is 5. The Morgan fingerprint density at radius 3 is 2.71 bits per heavy atom. The topological polar surface area (TPSA) is 100 Å². The first-order valence-corrected chi connectivity index (χ1v) is 10.0. The van der Waals surface area contributed by atoms with Gasteiger partial charge in [0, 0.05) is 24.2 Å². The molecule has 31 heavy (non-hydrogen) atoms. The third-order valence-electron chi connectivity index (χ3n) is 6.03. The molecule has 9 heteroatoms. The third-order valence-corrected chi connectivity index (χ3v) is 6.03. The molecule has 1 saturated carbocycles. The highest BCUT2D eigenvalue weighted by Crippen LogP contribution is 2.47. The number of ether oxygens (including phenoxy) is 1. The van der Waals surface area contributed by atoms with Crippen molar-refractivity contribution in [3.63, 3.8) is 0 Å². The summed E-state index contributed by atoms with van der Waals surface area (Å²) in [6, 6.07) is 9.04. The minimum absolute atomic E-state index is 0.157. The number of esters is 1. The molecule has 1 fully saturated rings. The van der Waals surface area contributed by atoms with Crippen molar-refractivity contribution < 1.29 is 23.4 Å². The van der Waals surface area contributed by atoms with Gasteiger partial charge in [0.1, 0.15) is 11.4 Å². The first-order chi connectivity index (χ1) is 14.9. The molecular formula is C22H19FN4O4. The first kappa shape index (κ1) is 19.2. The highest BCUT2D eigenvalue weighted by Gasteiger charge is 2.50. The van der Waals surface area contributed by atoms with Crippen LogP contribution in [0.25, 0.3) is 5.69 Å². The quantitative estimate of drug-likeness (QED) is 0.397. The monoisotopic (exact) mass is 422 g/mol. The molecule has 1 N–H and O–H groups in total. The predicted molar refractivity (Wildman–Crippen MR) is 107 cm³/mol. The van der Waals surface area contributed by atoms with Gasteiger partial charge in [-0.1, -0.05) is 0 Å². The number of fused-ring (bicyclic) bond motifs is 2. The van der Waals surface area contributed by atoms with Crippen LogP contribution in [0.3, 0.4) is 0 Å². The average Bonchev–Trinajstić information content (AvgIpc) is 3.32. The van der Waals surface area contributed by atoms with Crippen LogP contribution >= 0.6 is 0 Å². The fourth-order valence-corrected chi connectivity index (χ4v) is 4.38. The minimum Gasteiger partial charge on any atom is -0.619 e. The zero-order chi connectivity index (χ0) is 21.6. The van der Waals surface area contributed by atoms with Crippen LogP contribution in [0.15, 0.2) is 55.0 Å². The van der Waals surface area contributed by atoms with Crippen molar-refractivity contribution >= 4 is 17.7 Å². The standard InChI is InChI=1S/C22H19FN4O4/c23-15-1-3-16(4-2-15)27-12-8-19(25-27)24-20(28)14-5-9-22(10-6-14)18-13-26(30)11-7-17(18)21(29)31-22/h1-4,7-8,11-14H,5-6,9-10H2,(H,24,25,28)/t14-,22+. The molecule has 0 unspecified atom stereocenters. The number of benzene rings is 1. The van der Waals surface area contributed by atoms with E-state index in [-0.39, 0.29) is 17.6 Å². The van der Waals surface area contributed by atoms with E-state index in [1.807, 2.05) is 0 Å². The molecule has 2 aliphatic rings. The van der Waals surface area contributed by atoms with E-state index in [1.165, 1.54) is 30.6 Å². The number of halogens is 1. The van der Waals surface area contributed by atoms with Gasteiger partial charge < -0.3 is 15.3 Å². The summed E-state index contributed by atoms with van der Waals surface area (Å²) in [5, 5.41) is 18.9. The summed E-state index contributed by atoms with van der Waals surface area (Å²) in [5.41, 5.74) is 0.868. The normalized spacial score (nSPS) is 22.2. The molecule has 8 nitrogen and oxygen atoms in total. The van der Waals surface area contributed by atoms with Crippen molar-refractivity contribution in [3.8, 4) is 5.69 Å². The lowest BCUT2D eigenvalue weighted by molar-refractivity contribution is -0.606. The van der Waals surface area contributed by atoms with Crippen molar-refractivity contribution in [2.75, 3.05) is 5.32 Å². The Hall–Kier alpha value is -3.75. The maximum atomic E-state index is 13.1. The molecule has 0 saturated heterocycles. The van der Waals surface area contributed by atoms with Gasteiger partial charge in [-0.3, -0.25) is 4.79 Å². The molecule has 0 radical (unpaired) electrons. The molecule has 158 valence electrons. The smallest absolute Gasteiger partial charge is 0.339 e. The highest BCUT2D eigenvalue weighted by molar-refractivity contribution is 5.95. The Labute approximate surface area is 176 Å². The Kier molecular flexibility index (Phi) is 4.46. The van der Waals surface area contributed by atoms with Crippen LogP contribution in [-0.2, 0) is 15.1 Å². The van der Waals surface area contributed by atoms with Crippen molar-refractivity contribution in [2.24, 2.45) is 5.92 Å². The number of rotatable bonds is 3. The lowest BCUT2D eigenvalue weighted by atomic mass is 9.75. The molecule has 1 aliphatic carbocycles. The van der Waals surface area contributed by atoms with Crippen molar-refractivity contribution in [1.82, 2.24) is 9.78 Å². The van der Waals surface area contributed by atoms with Gasteiger partial charge in [0.25, 0.3) is 0 Å². The van der Waals surface area contributed by atoms with E-state index in [4.69, 9.17) is 4.74 Å². The van der Waals surface area contributed by atoms with Crippen molar-refractivity contribution in [3.05, 3.63) is 77.1 Å². The van der Waals surface area contributed by atoms with Gasteiger partial charge in [0.05, 0.1) is 16.8 Å². The molecule has 1 aliphatic heterocycles. The summed E-state index contributed by atoms with van der Waals surface area (Å²) >= 11 is 0. The van der Waals surface area contributed by atoms with Gasteiger partial charge in [-0.25, -0.2) is 13.9 Å². The minimum atomic E-state index is -0.833. The molecule has 3 aromatic rings. The lowest BCUT2D eigenvalue weighted by Crippen LogP contribution is -2.37. The van der Waals surface area contributed by atoms with Crippen LogP contribution in [0.2, 0.25) is 0 Å². The fourth-order valence-electron chi connectivity index (χ4n) is 4.38. The van der Waals surface area contributed by atoms with E-state index >= 15 is 0 Å². The van der Waals surface area contributed by atoms with Crippen LogP contribution in [0.1, 0.15) is 41.6 Å². The average molecular weight is 422 g/mol. The largest absolute Gasteiger partial charge is 0.619 e. The Bertz CT molecular complexity index is 1170. The number of carbonyl (C=O) groups excluding carboxylic acids is 2. The van der Waals surface area contributed by atoms with Crippen LogP contribution in [0, 0.1) is 16.9 Å². The maximum Gasteiger partial charge on any atom is 0.339 e. The summed E-state index contributed by atoms with van der Waals surface area (Å²) in [7, 11) is 0. The van der Waals surface area contributed by atoms with Gasteiger partial charge in [-0.2, -0.15) is 9.83 Å². The maximum absolute atomic E-state index is 13.1. The van der Waals surface area contributed by atoms with Gasteiger partial charge in [-0.05, 0) is 49.9 Å². The third kappa shape index (κ3) is 3.41. The SMILES string of the molecule is O=C1O[C@]2(CC[C@@H](C(=O)Nc3ccn(-c4ccc(F)cc4)n3)CC2)c2c[n+]([O-])ccc21. The predicted octanol–water partition coefficient (Wildman–Crippen LogP) is 2.84. The number of aromatic nitrogens is 3. The van der Waals surface area contributed by atoms with Crippen LogP contribution in [-0.4, -0.2) is 21.7 Å². The highest BCUT2D eigenvalue weighted by atomic mass is 19.1. The van der Waals surface area contributed by atoms with Gasteiger partial charge in [0.15, 0.2) is 18.2 Å². The number of anilines is 1. The van der Waals surface area contributed by atoms with Crippen LogP contribution in [0.5, 0.6) is 0 Å². The number of nitrogens with zero attached hydrogens (tertiary/aromatic N) is 3. The van der Waals surface area contributed by atoms with Crippen molar-refractivity contribution in [1.29, 1.82) is 0 Å². The molecule has 1 amide bonds. The molecule has 1 aromatic carbocycles. The summed E-state index contributed by atoms with van der Waals surface area (Å²) in [4.78, 5) is 25.0. The number of pyridine rings is 1. The Balaban J connectivity index is 1.25. The number of amides is 1. The summed E-state index contributed by atoms with van der Waals surface area (Å²) in [6.07, 6.45) is 6.34. The molecule has 0 bridgehead atoms. The van der Waals surface area contributed by atoms with E-state index in [9.17, 15) is 19.2 Å².